The van der Waals surface area contributed by atoms with Gasteiger partial charge in [-0.2, -0.15) is 0 Å². The topological polar surface area (TPSA) is 63.3 Å². The first-order chi connectivity index (χ1) is 7.41. The molecule has 0 aromatic rings. The fraction of sp³-hybridized carbons (Fsp3) is 0.923. The molecule has 0 aromatic heterocycles. The highest BCUT2D eigenvalue weighted by molar-refractivity contribution is 5.67. The van der Waals surface area contributed by atoms with Gasteiger partial charge in [0.15, 0.2) is 0 Å². The van der Waals surface area contributed by atoms with E-state index in [4.69, 9.17) is 10.8 Å². The number of hydrogen-bond donors (Lipinski definition) is 2. The predicted octanol–water partition coefficient (Wildman–Crippen LogP) is 3.03. The quantitative estimate of drug-likeness (QED) is 0.672. The van der Waals surface area contributed by atoms with Crippen LogP contribution in [0.3, 0.4) is 0 Å². The largest absolute Gasteiger partial charge is 0.481 e. The fourth-order valence-corrected chi connectivity index (χ4v) is 2.46. The molecule has 0 aromatic carbocycles. The van der Waals surface area contributed by atoms with Gasteiger partial charge in [-0.25, -0.2) is 0 Å². The number of carbonyl (C=O) groups is 1. The first-order valence-corrected chi connectivity index (χ1v) is 6.39. The van der Waals surface area contributed by atoms with Crippen LogP contribution in [-0.4, -0.2) is 17.1 Å². The Hall–Kier alpha value is -0.570. The van der Waals surface area contributed by atoms with Crippen LogP contribution in [0.4, 0.5) is 0 Å². The number of rotatable bonds is 8. The Morgan fingerprint density at radius 1 is 1.31 bits per heavy atom. The zero-order chi connectivity index (χ0) is 12.8. The van der Waals surface area contributed by atoms with Crippen molar-refractivity contribution in [3.05, 3.63) is 0 Å². The highest BCUT2D eigenvalue weighted by Gasteiger charge is 2.37. The Kier molecular flexibility index (Phi) is 6.65. The standard InChI is InChI=1S/C13H27NO2/c1-5-10(4)8-13(7-3,9-12(15)16)11(14)6-2/h10-11H,5-9,14H2,1-4H3,(H,15,16). The van der Waals surface area contributed by atoms with Crippen LogP contribution in [0, 0.1) is 11.3 Å². The Balaban J connectivity index is 4.87. The molecule has 96 valence electrons. The summed E-state index contributed by atoms with van der Waals surface area (Å²) in [5, 5.41) is 9.05. The molecule has 0 saturated carbocycles. The molecule has 3 heteroatoms. The van der Waals surface area contributed by atoms with Crippen LogP contribution < -0.4 is 5.73 Å². The Morgan fingerprint density at radius 3 is 2.19 bits per heavy atom. The smallest absolute Gasteiger partial charge is 0.303 e. The average Bonchev–Trinajstić information content (AvgIpc) is 2.25. The van der Waals surface area contributed by atoms with Crippen LogP contribution in [0.2, 0.25) is 0 Å². The normalized spacial score (nSPS) is 18.8. The van der Waals surface area contributed by atoms with Crippen LogP contribution in [-0.2, 0) is 4.79 Å². The van der Waals surface area contributed by atoms with Crippen molar-refractivity contribution in [2.75, 3.05) is 0 Å². The molecule has 0 aliphatic carbocycles. The summed E-state index contributed by atoms with van der Waals surface area (Å²) in [7, 11) is 0. The van der Waals surface area contributed by atoms with Gasteiger partial charge < -0.3 is 10.8 Å². The van der Waals surface area contributed by atoms with Crippen molar-refractivity contribution in [1.82, 2.24) is 0 Å². The molecule has 3 atom stereocenters. The third kappa shape index (κ3) is 4.12. The Bertz CT molecular complexity index is 218. The fourth-order valence-electron chi connectivity index (χ4n) is 2.46. The predicted molar refractivity (Wildman–Crippen MR) is 67.3 cm³/mol. The second-order valence-corrected chi connectivity index (χ2v) is 5.02. The molecule has 3 nitrogen and oxygen atoms in total. The lowest BCUT2D eigenvalue weighted by molar-refractivity contribution is -0.140. The highest BCUT2D eigenvalue weighted by Crippen LogP contribution is 2.38. The molecule has 3 N–H and O–H groups in total. The van der Waals surface area contributed by atoms with Gasteiger partial charge in [0.2, 0.25) is 0 Å². The zero-order valence-corrected chi connectivity index (χ0v) is 11.1. The summed E-state index contributed by atoms with van der Waals surface area (Å²) >= 11 is 0. The highest BCUT2D eigenvalue weighted by atomic mass is 16.4. The zero-order valence-electron chi connectivity index (χ0n) is 11.1. The molecule has 0 bridgehead atoms. The summed E-state index contributed by atoms with van der Waals surface area (Å²) in [6, 6.07) is -0.0115. The lowest BCUT2D eigenvalue weighted by Crippen LogP contribution is -2.43. The Labute approximate surface area is 99.4 Å². The van der Waals surface area contributed by atoms with Gasteiger partial charge in [0.1, 0.15) is 0 Å². The minimum Gasteiger partial charge on any atom is -0.481 e. The van der Waals surface area contributed by atoms with Crippen molar-refractivity contribution in [2.24, 2.45) is 17.1 Å². The molecule has 0 aliphatic heterocycles. The number of nitrogens with two attached hydrogens (primary N) is 1. The second kappa shape index (κ2) is 6.89. The molecule has 0 spiro atoms. The first kappa shape index (κ1) is 15.4. The van der Waals surface area contributed by atoms with E-state index in [2.05, 4.69) is 20.8 Å². The summed E-state index contributed by atoms with van der Waals surface area (Å²) < 4.78 is 0. The van der Waals surface area contributed by atoms with Crippen LogP contribution in [0.25, 0.3) is 0 Å². The minimum absolute atomic E-state index is 0.0115. The van der Waals surface area contributed by atoms with E-state index in [1.165, 1.54) is 0 Å². The van der Waals surface area contributed by atoms with E-state index in [-0.39, 0.29) is 17.9 Å². The van der Waals surface area contributed by atoms with E-state index < -0.39 is 5.97 Å². The van der Waals surface area contributed by atoms with Crippen LogP contribution in [0.15, 0.2) is 0 Å². The molecule has 16 heavy (non-hydrogen) atoms. The lowest BCUT2D eigenvalue weighted by Gasteiger charge is -2.38. The summed E-state index contributed by atoms with van der Waals surface area (Å²) in [4.78, 5) is 11.0. The van der Waals surface area contributed by atoms with Gasteiger partial charge in [-0.3, -0.25) is 4.79 Å². The van der Waals surface area contributed by atoms with Crippen molar-refractivity contribution in [3.63, 3.8) is 0 Å². The molecule has 0 amide bonds. The molecule has 0 aliphatic rings. The van der Waals surface area contributed by atoms with Crippen molar-refractivity contribution in [3.8, 4) is 0 Å². The summed E-state index contributed by atoms with van der Waals surface area (Å²) in [6.07, 6.45) is 3.89. The number of hydrogen-bond acceptors (Lipinski definition) is 2. The number of aliphatic carboxylic acids is 1. The van der Waals surface area contributed by atoms with Crippen molar-refractivity contribution >= 4 is 5.97 Å². The maximum Gasteiger partial charge on any atom is 0.303 e. The molecule has 0 radical (unpaired) electrons. The van der Waals surface area contributed by atoms with Gasteiger partial charge in [0, 0.05) is 6.04 Å². The van der Waals surface area contributed by atoms with E-state index in [0.717, 1.165) is 25.7 Å². The maximum atomic E-state index is 11.0. The number of carboxylic acids is 1. The van der Waals surface area contributed by atoms with Gasteiger partial charge in [0.25, 0.3) is 0 Å². The molecule has 0 saturated heterocycles. The molecule has 0 fully saturated rings. The van der Waals surface area contributed by atoms with Crippen molar-refractivity contribution in [1.29, 1.82) is 0 Å². The van der Waals surface area contributed by atoms with Gasteiger partial charge in [0.05, 0.1) is 6.42 Å². The number of carboxylic acid groups (broad SMARTS) is 1. The summed E-state index contributed by atoms with van der Waals surface area (Å²) in [5.41, 5.74) is 5.92. The van der Waals surface area contributed by atoms with E-state index in [9.17, 15) is 4.79 Å². The van der Waals surface area contributed by atoms with E-state index in [1.807, 2.05) is 6.92 Å². The van der Waals surface area contributed by atoms with E-state index >= 15 is 0 Å². The van der Waals surface area contributed by atoms with Gasteiger partial charge >= 0.3 is 5.97 Å². The lowest BCUT2D eigenvalue weighted by atomic mass is 9.68. The second-order valence-electron chi connectivity index (χ2n) is 5.02. The van der Waals surface area contributed by atoms with Gasteiger partial charge in [-0.05, 0) is 30.6 Å². The minimum atomic E-state index is -0.728. The van der Waals surface area contributed by atoms with Gasteiger partial charge in [-0.15, -0.1) is 0 Å². The average molecular weight is 229 g/mol. The van der Waals surface area contributed by atoms with E-state index in [0.29, 0.717) is 5.92 Å². The monoisotopic (exact) mass is 229 g/mol. The Morgan fingerprint density at radius 2 is 1.88 bits per heavy atom. The van der Waals surface area contributed by atoms with Crippen LogP contribution >= 0.6 is 0 Å². The molecule has 0 heterocycles. The van der Waals surface area contributed by atoms with E-state index in [1.54, 1.807) is 0 Å². The van der Waals surface area contributed by atoms with Crippen molar-refractivity contribution in [2.45, 2.75) is 65.8 Å². The summed E-state index contributed by atoms with van der Waals surface area (Å²) in [5.74, 6) is -0.189. The third-order valence-corrected chi connectivity index (χ3v) is 3.89. The maximum absolute atomic E-state index is 11.0. The van der Waals surface area contributed by atoms with Crippen LogP contribution in [0.5, 0.6) is 0 Å². The molecule has 3 unspecified atom stereocenters. The third-order valence-electron chi connectivity index (χ3n) is 3.89. The summed E-state index contributed by atoms with van der Waals surface area (Å²) in [6.45, 7) is 8.41. The molecular formula is C13H27NO2. The first-order valence-electron chi connectivity index (χ1n) is 6.39. The SMILES string of the molecule is CCC(C)CC(CC)(CC(=O)O)C(N)CC. The molecule has 0 rings (SSSR count). The molecular weight excluding hydrogens is 202 g/mol. The van der Waals surface area contributed by atoms with Crippen LogP contribution in [0.1, 0.15) is 59.8 Å². The van der Waals surface area contributed by atoms with Crippen molar-refractivity contribution < 1.29 is 9.90 Å². The van der Waals surface area contributed by atoms with Gasteiger partial charge in [-0.1, -0.05) is 34.1 Å².